The second-order valence-corrected chi connectivity index (χ2v) is 7.95. The van der Waals surface area contributed by atoms with Crippen molar-refractivity contribution >= 4 is 39.7 Å². The van der Waals surface area contributed by atoms with Gasteiger partial charge < -0.3 is 16.4 Å². The molecule has 0 fully saturated rings. The molecular weight excluding hydrogens is 354 g/mol. The Balaban J connectivity index is 0.00000529. The van der Waals surface area contributed by atoms with E-state index in [1.165, 1.54) is 0 Å². The Morgan fingerprint density at radius 3 is 2.42 bits per heavy atom. The van der Waals surface area contributed by atoms with E-state index >= 15 is 0 Å². The van der Waals surface area contributed by atoms with E-state index in [2.05, 4.69) is 10.6 Å². The van der Waals surface area contributed by atoms with Gasteiger partial charge in [0, 0.05) is 11.9 Å². The van der Waals surface area contributed by atoms with Gasteiger partial charge in [-0.3, -0.25) is 9.59 Å². The molecule has 0 saturated heterocycles. The molecule has 0 bridgehead atoms. The van der Waals surface area contributed by atoms with Crippen molar-refractivity contribution in [1.82, 2.24) is 5.32 Å². The first-order chi connectivity index (χ1) is 10.6. The van der Waals surface area contributed by atoms with Crippen LogP contribution in [0.5, 0.6) is 0 Å². The van der Waals surface area contributed by atoms with E-state index in [1.54, 1.807) is 24.3 Å². The molecule has 0 unspecified atom stereocenters. The van der Waals surface area contributed by atoms with Gasteiger partial charge in [0.2, 0.25) is 11.8 Å². The highest BCUT2D eigenvalue weighted by atomic mass is 35.5. The maximum absolute atomic E-state index is 11.8. The number of rotatable bonds is 7. The molecule has 0 aliphatic heterocycles. The molecule has 0 aromatic heterocycles. The maximum atomic E-state index is 11.8. The van der Waals surface area contributed by atoms with Crippen LogP contribution in [0, 0.1) is 5.92 Å². The van der Waals surface area contributed by atoms with Gasteiger partial charge in [0.25, 0.3) is 0 Å². The SMILES string of the molecule is CC(C)[C@H](N)C(=O)NCC(=O)Nc1cccc(CS(C)(=O)=O)c1.Cl. The van der Waals surface area contributed by atoms with Crippen molar-refractivity contribution in [3.63, 3.8) is 0 Å². The molecule has 2 amide bonds. The van der Waals surface area contributed by atoms with Gasteiger partial charge in [0.15, 0.2) is 9.84 Å². The molecule has 4 N–H and O–H groups in total. The van der Waals surface area contributed by atoms with Crippen molar-refractivity contribution in [3.8, 4) is 0 Å². The minimum Gasteiger partial charge on any atom is -0.346 e. The lowest BCUT2D eigenvalue weighted by Gasteiger charge is -2.15. The normalized spacial score (nSPS) is 12.2. The summed E-state index contributed by atoms with van der Waals surface area (Å²) in [5.74, 6) is -0.922. The Labute approximate surface area is 148 Å². The van der Waals surface area contributed by atoms with Crippen LogP contribution >= 0.6 is 12.4 Å². The molecule has 0 aliphatic carbocycles. The standard InChI is InChI=1S/C15H23N3O4S.ClH/c1-10(2)14(16)15(20)17-8-13(19)18-12-6-4-5-11(7-12)9-23(3,21)22;/h4-7,10,14H,8-9,16H2,1-3H3,(H,17,20)(H,18,19);1H/t14-;/m0./s1. The van der Waals surface area contributed by atoms with E-state index in [0.29, 0.717) is 11.3 Å². The molecule has 1 aromatic rings. The van der Waals surface area contributed by atoms with Crippen LogP contribution in [0.25, 0.3) is 0 Å². The predicted molar refractivity (Wildman–Crippen MR) is 96.7 cm³/mol. The summed E-state index contributed by atoms with van der Waals surface area (Å²) in [6.45, 7) is 3.44. The predicted octanol–water partition coefficient (Wildman–Crippen LogP) is 0.691. The van der Waals surface area contributed by atoms with Crippen LogP contribution in [0.1, 0.15) is 19.4 Å². The third kappa shape index (κ3) is 8.28. The number of halogens is 1. The lowest BCUT2D eigenvalue weighted by atomic mass is 10.1. The number of carbonyl (C=O) groups is 2. The van der Waals surface area contributed by atoms with Crippen LogP contribution in [-0.2, 0) is 25.2 Å². The van der Waals surface area contributed by atoms with Gasteiger partial charge in [-0.05, 0) is 23.6 Å². The molecule has 0 aliphatic rings. The first kappa shape index (κ1) is 22.4. The number of carbonyl (C=O) groups excluding carboxylic acids is 2. The zero-order valence-electron chi connectivity index (χ0n) is 13.9. The van der Waals surface area contributed by atoms with Crippen LogP contribution < -0.4 is 16.4 Å². The maximum Gasteiger partial charge on any atom is 0.243 e. The molecule has 1 atom stereocenters. The van der Waals surface area contributed by atoms with Gasteiger partial charge in [-0.25, -0.2) is 8.42 Å². The van der Waals surface area contributed by atoms with Gasteiger partial charge in [-0.2, -0.15) is 0 Å². The second-order valence-electron chi connectivity index (χ2n) is 5.81. The molecule has 1 rings (SSSR count). The molecule has 136 valence electrons. The van der Waals surface area contributed by atoms with Crippen LogP contribution in [0.15, 0.2) is 24.3 Å². The summed E-state index contributed by atoms with van der Waals surface area (Å²) in [5, 5.41) is 5.07. The van der Waals surface area contributed by atoms with Gasteiger partial charge >= 0.3 is 0 Å². The summed E-state index contributed by atoms with van der Waals surface area (Å²) >= 11 is 0. The van der Waals surface area contributed by atoms with E-state index in [0.717, 1.165) is 6.26 Å². The fourth-order valence-corrected chi connectivity index (χ4v) is 2.62. The Kier molecular flexibility index (Phi) is 8.95. The Bertz CT molecular complexity index is 677. The summed E-state index contributed by atoms with van der Waals surface area (Å²) in [6.07, 6.45) is 1.14. The molecule has 0 spiro atoms. The van der Waals surface area contributed by atoms with Crippen LogP contribution in [0.2, 0.25) is 0 Å². The number of hydrogen-bond acceptors (Lipinski definition) is 5. The molecule has 1 aromatic carbocycles. The highest BCUT2D eigenvalue weighted by Crippen LogP contribution is 2.12. The van der Waals surface area contributed by atoms with Crippen LogP contribution in [0.4, 0.5) is 5.69 Å². The van der Waals surface area contributed by atoms with Crippen molar-refractivity contribution in [1.29, 1.82) is 0 Å². The van der Waals surface area contributed by atoms with E-state index < -0.39 is 21.8 Å². The molecule has 24 heavy (non-hydrogen) atoms. The second kappa shape index (κ2) is 9.61. The highest BCUT2D eigenvalue weighted by Gasteiger charge is 2.17. The Hall–Kier alpha value is -1.64. The van der Waals surface area contributed by atoms with Gasteiger partial charge in [-0.1, -0.05) is 26.0 Å². The van der Waals surface area contributed by atoms with Crippen molar-refractivity contribution in [2.45, 2.75) is 25.6 Å². The number of hydrogen-bond donors (Lipinski definition) is 3. The number of nitrogens with one attached hydrogen (secondary N) is 2. The van der Waals surface area contributed by atoms with Gasteiger partial charge in [0.1, 0.15) is 0 Å². The third-order valence-electron chi connectivity index (χ3n) is 3.08. The third-order valence-corrected chi connectivity index (χ3v) is 3.94. The van der Waals surface area contributed by atoms with Crippen molar-refractivity contribution < 1.29 is 18.0 Å². The Morgan fingerprint density at radius 2 is 1.88 bits per heavy atom. The summed E-state index contributed by atoms with van der Waals surface area (Å²) in [4.78, 5) is 23.5. The van der Waals surface area contributed by atoms with Gasteiger partial charge in [0.05, 0.1) is 18.3 Å². The quantitative estimate of drug-likeness (QED) is 0.646. The van der Waals surface area contributed by atoms with Crippen molar-refractivity contribution in [3.05, 3.63) is 29.8 Å². The lowest BCUT2D eigenvalue weighted by molar-refractivity contribution is -0.125. The Morgan fingerprint density at radius 1 is 1.25 bits per heavy atom. The smallest absolute Gasteiger partial charge is 0.243 e. The zero-order valence-corrected chi connectivity index (χ0v) is 15.5. The fraction of sp³-hybridized carbons (Fsp3) is 0.467. The number of nitrogens with two attached hydrogens (primary N) is 1. The molecule has 0 saturated carbocycles. The van der Waals surface area contributed by atoms with Gasteiger partial charge in [-0.15, -0.1) is 12.4 Å². The fourth-order valence-electron chi connectivity index (χ4n) is 1.83. The number of benzene rings is 1. The first-order valence-corrected chi connectivity index (χ1v) is 9.24. The van der Waals surface area contributed by atoms with Crippen LogP contribution in [-0.4, -0.2) is 39.1 Å². The average molecular weight is 378 g/mol. The molecule has 0 heterocycles. The molecule has 0 radical (unpaired) electrons. The number of sulfone groups is 1. The van der Waals surface area contributed by atoms with E-state index in [-0.39, 0.29) is 36.5 Å². The zero-order chi connectivity index (χ0) is 17.6. The average Bonchev–Trinajstić information content (AvgIpc) is 2.42. The summed E-state index contributed by atoms with van der Waals surface area (Å²) in [5.41, 5.74) is 6.73. The highest BCUT2D eigenvalue weighted by molar-refractivity contribution is 7.89. The lowest BCUT2D eigenvalue weighted by Crippen LogP contribution is -2.46. The van der Waals surface area contributed by atoms with Crippen molar-refractivity contribution in [2.24, 2.45) is 11.7 Å². The summed E-state index contributed by atoms with van der Waals surface area (Å²) in [6, 6.07) is 5.89. The number of anilines is 1. The number of amides is 2. The minimum atomic E-state index is -3.15. The van der Waals surface area contributed by atoms with Crippen molar-refractivity contribution in [2.75, 3.05) is 18.1 Å². The largest absolute Gasteiger partial charge is 0.346 e. The summed E-state index contributed by atoms with van der Waals surface area (Å²) < 4.78 is 22.6. The first-order valence-electron chi connectivity index (χ1n) is 7.18. The molecule has 7 nitrogen and oxygen atoms in total. The van der Waals surface area contributed by atoms with E-state index in [1.807, 2.05) is 13.8 Å². The van der Waals surface area contributed by atoms with E-state index in [9.17, 15) is 18.0 Å². The monoisotopic (exact) mass is 377 g/mol. The topological polar surface area (TPSA) is 118 Å². The minimum absolute atomic E-state index is 0. The molecule has 9 heteroatoms. The summed E-state index contributed by atoms with van der Waals surface area (Å²) in [7, 11) is -3.15. The van der Waals surface area contributed by atoms with Crippen LogP contribution in [0.3, 0.4) is 0 Å². The molecular formula is C15H24ClN3O4S. The van der Waals surface area contributed by atoms with E-state index in [4.69, 9.17) is 5.73 Å².